The minimum Gasteiger partial charge on any atom is -0.487 e. The summed E-state index contributed by atoms with van der Waals surface area (Å²) < 4.78 is 11.4. The highest BCUT2D eigenvalue weighted by molar-refractivity contribution is 5.41. The Morgan fingerprint density at radius 3 is 2.84 bits per heavy atom. The molecule has 1 unspecified atom stereocenters. The minimum absolute atomic E-state index is 0.0559. The Labute approximate surface area is 115 Å². The van der Waals surface area contributed by atoms with Crippen molar-refractivity contribution in [1.82, 2.24) is 5.32 Å². The summed E-state index contributed by atoms with van der Waals surface area (Å²) in [5.41, 5.74) is 2.74. The molecule has 0 bridgehead atoms. The van der Waals surface area contributed by atoms with Crippen LogP contribution in [0.5, 0.6) is 5.75 Å². The fourth-order valence-electron chi connectivity index (χ4n) is 2.89. The third kappa shape index (κ3) is 2.77. The van der Waals surface area contributed by atoms with E-state index in [2.05, 4.69) is 44.3 Å². The second-order valence-electron chi connectivity index (χ2n) is 6.70. The summed E-state index contributed by atoms with van der Waals surface area (Å²) in [6.45, 7) is 9.10. The van der Waals surface area contributed by atoms with Crippen molar-refractivity contribution >= 4 is 0 Å². The molecule has 0 aliphatic carbocycles. The van der Waals surface area contributed by atoms with E-state index in [0.717, 1.165) is 38.3 Å². The number of fused-ring (bicyclic) bond motifs is 1. The van der Waals surface area contributed by atoms with Crippen LogP contribution in [0.15, 0.2) is 18.2 Å². The van der Waals surface area contributed by atoms with E-state index in [0.29, 0.717) is 0 Å². The van der Waals surface area contributed by atoms with Gasteiger partial charge in [-0.05, 0) is 44.4 Å². The van der Waals surface area contributed by atoms with Crippen molar-refractivity contribution in [2.24, 2.45) is 0 Å². The molecule has 3 heteroatoms. The summed E-state index contributed by atoms with van der Waals surface area (Å²) >= 11 is 0. The van der Waals surface area contributed by atoms with Gasteiger partial charge in [0.25, 0.3) is 0 Å². The fourth-order valence-corrected chi connectivity index (χ4v) is 2.89. The van der Waals surface area contributed by atoms with Crippen LogP contribution in [0.4, 0.5) is 0 Å². The van der Waals surface area contributed by atoms with Crippen LogP contribution in [0.3, 0.4) is 0 Å². The van der Waals surface area contributed by atoms with Gasteiger partial charge < -0.3 is 14.8 Å². The van der Waals surface area contributed by atoms with Gasteiger partial charge in [-0.3, -0.25) is 0 Å². The van der Waals surface area contributed by atoms with Crippen molar-refractivity contribution in [3.8, 4) is 5.75 Å². The SMILES string of the molecule is CC1(NCc2ccc3c(c2)CC(C)(C)O3)CCOC1. The predicted molar refractivity (Wildman–Crippen MR) is 75.5 cm³/mol. The molecule has 1 atom stereocenters. The average molecular weight is 261 g/mol. The first-order chi connectivity index (χ1) is 8.96. The molecular formula is C16H23NO2. The normalized spacial score (nSPS) is 28.2. The Bertz CT molecular complexity index is 476. The zero-order chi connectivity index (χ0) is 13.5. The van der Waals surface area contributed by atoms with Gasteiger partial charge >= 0.3 is 0 Å². The van der Waals surface area contributed by atoms with Gasteiger partial charge in [-0.1, -0.05) is 12.1 Å². The summed E-state index contributed by atoms with van der Waals surface area (Å²) in [6.07, 6.45) is 2.09. The highest BCUT2D eigenvalue weighted by Gasteiger charge is 2.31. The molecule has 0 spiro atoms. The van der Waals surface area contributed by atoms with E-state index in [9.17, 15) is 0 Å². The molecule has 2 aliphatic rings. The number of benzene rings is 1. The van der Waals surface area contributed by atoms with Crippen molar-refractivity contribution in [3.63, 3.8) is 0 Å². The number of ether oxygens (including phenoxy) is 2. The molecule has 1 aromatic carbocycles. The molecule has 1 saturated heterocycles. The molecule has 1 N–H and O–H groups in total. The molecule has 2 heterocycles. The first kappa shape index (κ1) is 12.9. The van der Waals surface area contributed by atoms with Crippen molar-refractivity contribution in [2.75, 3.05) is 13.2 Å². The summed E-state index contributed by atoms with van der Waals surface area (Å²) in [6, 6.07) is 6.54. The van der Waals surface area contributed by atoms with Gasteiger partial charge in [-0.25, -0.2) is 0 Å². The van der Waals surface area contributed by atoms with E-state index in [1.54, 1.807) is 0 Å². The van der Waals surface area contributed by atoms with Gasteiger partial charge in [0.15, 0.2) is 0 Å². The summed E-state index contributed by atoms with van der Waals surface area (Å²) in [5, 5.41) is 3.62. The zero-order valence-corrected chi connectivity index (χ0v) is 12.1. The van der Waals surface area contributed by atoms with Gasteiger partial charge in [0.1, 0.15) is 11.4 Å². The molecule has 2 aliphatic heterocycles. The lowest BCUT2D eigenvalue weighted by Crippen LogP contribution is -2.42. The van der Waals surface area contributed by atoms with Crippen molar-refractivity contribution in [3.05, 3.63) is 29.3 Å². The molecule has 0 saturated carbocycles. The van der Waals surface area contributed by atoms with Crippen LogP contribution in [-0.2, 0) is 17.7 Å². The lowest BCUT2D eigenvalue weighted by atomic mass is 9.99. The number of nitrogens with one attached hydrogen (secondary N) is 1. The maximum atomic E-state index is 5.91. The van der Waals surface area contributed by atoms with Gasteiger partial charge in [0, 0.05) is 25.1 Å². The first-order valence-corrected chi connectivity index (χ1v) is 7.09. The maximum Gasteiger partial charge on any atom is 0.123 e. The Balaban J connectivity index is 1.67. The van der Waals surface area contributed by atoms with Crippen LogP contribution in [-0.4, -0.2) is 24.4 Å². The maximum absolute atomic E-state index is 5.91. The monoisotopic (exact) mass is 261 g/mol. The first-order valence-electron chi connectivity index (χ1n) is 7.09. The van der Waals surface area contributed by atoms with Crippen LogP contribution < -0.4 is 10.1 Å². The van der Waals surface area contributed by atoms with Crippen LogP contribution in [0.1, 0.15) is 38.3 Å². The van der Waals surface area contributed by atoms with E-state index in [1.165, 1.54) is 11.1 Å². The molecule has 0 amide bonds. The van der Waals surface area contributed by atoms with Crippen LogP contribution in [0.25, 0.3) is 0 Å². The highest BCUT2D eigenvalue weighted by Crippen LogP contribution is 2.35. The van der Waals surface area contributed by atoms with Gasteiger partial charge in [0.05, 0.1) is 6.61 Å². The van der Waals surface area contributed by atoms with Crippen LogP contribution in [0, 0.1) is 0 Å². The van der Waals surface area contributed by atoms with Crippen LogP contribution in [0.2, 0.25) is 0 Å². The van der Waals surface area contributed by atoms with Crippen LogP contribution >= 0.6 is 0 Å². The highest BCUT2D eigenvalue weighted by atomic mass is 16.5. The number of rotatable bonds is 3. The van der Waals surface area contributed by atoms with Crippen molar-refractivity contribution in [2.45, 2.75) is 51.3 Å². The molecule has 3 rings (SSSR count). The lowest BCUT2D eigenvalue weighted by Gasteiger charge is -2.23. The molecule has 0 aromatic heterocycles. The molecule has 104 valence electrons. The Hall–Kier alpha value is -1.06. The van der Waals surface area contributed by atoms with E-state index in [-0.39, 0.29) is 11.1 Å². The minimum atomic E-state index is -0.0559. The van der Waals surface area contributed by atoms with Crippen molar-refractivity contribution < 1.29 is 9.47 Å². The molecule has 1 fully saturated rings. The molecule has 19 heavy (non-hydrogen) atoms. The summed E-state index contributed by atoms with van der Waals surface area (Å²) in [4.78, 5) is 0. The predicted octanol–water partition coefficient (Wildman–Crippen LogP) is 2.67. The zero-order valence-electron chi connectivity index (χ0n) is 12.1. The summed E-state index contributed by atoms with van der Waals surface area (Å²) in [7, 11) is 0. The van der Waals surface area contributed by atoms with Gasteiger partial charge in [0.2, 0.25) is 0 Å². The molecule has 1 aromatic rings. The number of hydrogen-bond donors (Lipinski definition) is 1. The molecule has 3 nitrogen and oxygen atoms in total. The van der Waals surface area contributed by atoms with Gasteiger partial charge in [-0.15, -0.1) is 0 Å². The Morgan fingerprint density at radius 1 is 1.26 bits per heavy atom. The smallest absolute Gasteiger partial charge is 0.123 e. The lowest BCUT2D eigenvalue weighted by molar-refractivity contribution is 0.138. The largest absolute Gasteiger partial charge is 0.487 e. The van der Waals surface area contributed by atoms with Crippen molar-refractivity contribution in [1.29, 1.82) is 0 Å². The van der Waals surface area contributed by atoms with E-state index < -0.39 is 0 Å². The average Bonchev–Trinajstić information content (AvgIpc) is 2.88. The van der Waals surface area contributed by atoms with Gasteiger partial charge in [-0.2, -0.15) is 0 Å². The fraction of sp³-hybridized carbons (Fsp3) is 0.625. The number of hydrogen-bond acceptors (Lipinski definition) is 3. The Kier molecular flexibility index (Phi) is 3.06. The molecular weight excluding hydrogens is 238 g/mol. The Morgan fingerprint density at radius 2 is 2.11 bits per heavy atom. The standard InChI is InChI=1S/C16H23NO2/c1-15(2)9-13-8-12(4-5-14(13)19-15)10-17-16(3)6-7-18-11-16/h4-5,8,17H,6-7,9-11H2,1-3H3. The summed E-state index contributed by atoms with van der Waals surface area (Å²) in [5.74, 6) is 1.05. The molecule has 0 radical (unpaired) electrons. The second kappa shape index (κ2) is 4.50. The van der Waals surface area contributed by atoms with E-state index >= 15 is 0 Å². The van der Waals surface area contributed by atoms with E-state index in [4.69, 9.17) is 9.47 Å². The third-order valence-electron chi connectivity index (χ3n) is 4.07. The topological polar surface area (TPSA) is 30.5 Å². The van der Waals surface area contributed by atoms with E-state index in [1.807, 2.05) is 0 Å². The second-order valence-corrected chi connectivity index (χ2v) is 6.70. The quantitative estimate of drug-likeness (QED) is 0.907. The third-order valence-corrected chi connectivity index (χ3v) is 4.07.